The molecule has 0 spiro atoms. The van der Waals surface area contributed by atoms with Crippen LogP contribution in [0.1, 0.15) is 39.5 Å². The summed E-state index contributed by atoms with van der Waals surface area (Å²) in [7, 11) is 0. The Hall–Kier alpha value is -2.24. The van der Waals surface area contributed by atoms with E-state index in [0.717, 1.165) is 0 Å². The van der Waals surface area contributed by atoms with Gasteiger partial charge in [-0.3, -0.25) is 14.4 Å². The van der Waals surface area contributed by atoms with E-state index in [1.807, 2.05) is 6.92 Å². The average Bonchev–Trinajstić information content (AvgIpc) is 2.67. The Kier molecular flexibility index (Phi) is 12.7. The third-order valence-corrected chi connectivity index (χ3v) is 4.38. The molecule has 3 amide bonds. The van der Waals surface area contributed by atoms with E-state index in [0.29, 0.717) is 25.8 Å². The summed E-state index contributed by atoms with van der Waals surface area (Å²) in [6.45, 7) is 2.90. The number of nitrogens with one attached hydrogen (secondary N) is 3. The zero-order valence-electron chi connectivity index (χ0n) is 16.4. The summed E-state index contributed by atoms with van der Waals surface area (Å²) in [4.78, 5) is 47.1. The minimum Gasteiger partial charge on any atom is -0.480 e. The van der Waals surface area contributed by atoms with Crippen LogP contribution in [0.4, 0.5) is 0 Å². The highest BCUT2D eigenvalue weighted by Gasteiger charge is 2.26. The van der Waals surface area contributed by atoms with Gasteiger partial charge in [-0.05, 0) is 31.7 Å². The molecule has 0 bridgehead atoms. The molecular formula is C17H33N5O6. The molecular weight excluding hydrogens is 370 g/mol. The summed E-state index contributed by atoms with van der Waals surface area (Å²) in [5, 5.41) is 25.3. The van der Waals surface area contributed by atoms with Gasteiger partial charge in [-0.2, -0.15) is 0 Å². The third kappa shape index (κ3) is 9.62. The molecule has 9 N–H and O–H groups in total. The number of nitrogens with two attached hydrogens (primary N) is 2. The molecule has 0 radical (unpaired) electrons. The lowest BCUT2D eigenvalue weighted by Gasteiger charge is -2.22. The van der Waals surface area contributed by atoms with Gasteiger partial charge in [0, 0.05) is 0 Å². The number of carbonyl (C=O) groups is 4. The van der Waals surface area contributed by atoms with Gasteiger partial charge in [0.25, 0.3) is 0 Å². The predicted octanol–water partition coefficient (Wildman–Crippen LogP) is -2.35. The van der Waals surface area contributed by atoms with Gasteiger partial charge in [0.2, 0.25) is 17.7 Å². The molecule has 0 rings (SSSR count). The van der Waals surface area contributed by atoms with Crippen molar-refractivity contribution in [1.29, 1.82) is 0 Å². The van der Waals surface area contributed by atoms with Crippen LogP contribution >= 0.6 is 0 Å². The van der Waals surface area contributed by atoms with Crippen molar-refractivity contribution in [3.8, 4) is 0 Å². The highest BCUT2D eigenvalue weighted by molar-refractivity contribution is 5.92. The zero-order chi connectivity index (χ0) is 21.7. The molecule has 0 fully saturated rings. The van der Waals surface area contributed by atoms with Crippen LogP contribution in [0, 0.1) is 5.92 Å². The van der Waals surface area contributed by atoms with Crippen LogP contribution in [0.25, 0.3) is 0 Å². The second-order valence-electron chi connectivity index (χ2n) is 6.62. The van der Waals surface area contributed by atoms with E-state index >= 15 is 0 Å². The summed E-state index contributed by atoms with van der Waals surface area (Å²) >= 11 is 0. The molecule has 0 heterocycles. The first kappa shape index (κ1) is 25.8. The second-order valence-corrected chi connectivity index (χ2v) is 6.62. The Labute approximate surface area is 164 Å². The van der Waals surface area contributed by atoms with Crippen LogP contribution < -0.4 is 27.4 Å². The summed E-state index contributed by atoms with van der Waals surface area (Å²) in [6, 6.07) is -3.19. The van der Waals surface area contributed by atoms with Gasteiger partial charge in [-0.1, -0.05) is 20.3 Å². The standard InChI is InChI=1S/C17H33N5O6/c1-3-10(2)14(19)16(26)22-12(9-23)15(25)20-8-13(24)21-11(17(27)28)6-4-5-7-18/h10-12,14,23H,3-9,18-19H2,1-2H3,(H,20,25)(H,21,24)(H,22,26)(H,27,28). The summed E-state index contributed by atoms with van der Waals surface area (Å²) < 4.78 is 0. The molecule has 4 atom stereocenters. The van der Waals surface area contributed by atoms with Gasteiger partial charge in [0.1, 0.15) is 12.1 Å². The van der Waals surface area contributed by atoms with Crippen LogP contribution in [-0.2, 0) is 19.2 Å². The zero-order valence-corrected chi connectivity index (χ0v) is 16.4. The third-order valence-electron chi connectivity index (χ3n) is 4.38. The predicted molar refractivity (Wildman–Crippen MR) is 102 cm³/mol. The van der Waals surface area contributed by atoms with Gasteiger partial charge in [-0.25, -0.2) is 4.79 Å². The smallest absolute Gasteiger partial charge is 0.326 e. The number of carboxylic acids is 1. The van der Waals surface area contributed by atoms with Gasteiger partial charge in [-0.15, -0.1) is 0 Å². The normalized spacial score (nSPS) is 15.0. The summed E-state index contributed by atoms with van der Waals surface area (Å²) in [5.74, 6) is -3.36. The number of aliphatic hydroxyl groups excluding tert-OH is 1. The second kappa shape index (κ2) is 13.9. The number of amides is 3. The van der Waals surface area contributed by atoms with Gasteiger partial charge in [0.05, 0.1) is 19.2 Å². The molecule has 0 aromatic heterocycles. The van der Waals surface area contributed by atoms with E-state index in [1.54, 1.807) is 6.92 Å². The van der Waals surface area contributed by atoms with E-state index in [-0.39, 0.29) is 12.3 Å². The fourth-order valence-electron chi connectivity index (χ4n) is 2.26. The molecule has 28 heavy (non-hydrogen) atoms. The highest BCUT2D eigenvalue weighted by atomic mass is 16.4. The number of aliphatic carboxylic acids is 1. The van der Waals surface area contributed by atoms with E-state index < -0.39 is 55.0 Å². The molecule has 0 saturated heterocycles. The van der Waals surface area contributed by atoms with Crippen LogP contribution in [0.3, 0.4) is 0 Å². The van der Waals surface area contributed by atoms with Gasteiger partial charge < -0.3 is 37.6 Å². The number of unbranched alkanes of at least 4 members (excludes halogenated alkanes) is 1. The lowest BCUT2D eigenvalue weighted by Crippen LogP contribution is -2.55. The lowest BCUT2D eigenvalue weighted by atomic mass is 9.99. The maximum atomic E-state index is 12.1. The molecule has 11 heteroatoms. The fraction of sp³-hybridized carbons (Fsp3) is 0.765. The van der Waals surface area contributed by atoms with Crippen LogP contribution in [-0.4, -0.2) is 71.7 Å². The Morgan fingerprint density at radius 1 is 1.04 bits per heavy atom. The fourth-order valence-corrected chi connectivity index (χ4v) is 2.26. The Bertz CT molecular complexity index is 530. The minimum atomic E-state index is -1.27. The molecule has 0 aliphatic carbocycles. The van der Waals surface area contributed by atoms with E-state index in [4.69, 9.17) is 16.6 Å². The first-order valence-corrected chi connectivity index (χ1v) is 9.34. The topological polar surface area (TPSA) is 197 Å². The number of rotatable bonds is 14. The lowest BCUT2D eigenvalue weighted by molar-refractivity contribution is -0.142. The molecule has 0 saturated carbocycles. The molecule has 0 aromatic rings. The van der Waals surface area contributed by atoms with Crippen molar-refractivity contribution in [3.05, 3.63) is 0 Å². The summed E-state index contributed by atoms with van der Waals surface area (Å²) in [6.07, 6.45) is 2.05. The van der Waals surface area contributed by atoms with Crippen molar-refractivity contribution >= 4 is 23.7 Å². The largest absolute Gasteiger partial charge is 0.480 e. The maximum absolute atomic E-state index is 12.1. The average molecular weight is 403 g/mol. The molecule has 0 aliphatic rings. The number of carboxylic acid groups (broad SMARTS) is 1. The Morgan fingerprint density at radius 2 is 1.68 bits per heavy atom. The minimum absolute atomic E-state index is 0.111. The molecule has 0 aliphatic heterocycles. The Morgan fingerprint density at radius 3 is 2.18 bits per heavy atom. The van der Waals surface area contributed by atoms with Crippen molar-refractivity contribution in [2.24, 2.45) is 17.4 Å². The first-order valence-electron chi connectivity index (χ1n) is 9.34. The van der Waals surface area contributed by atoms with Crippen LogP contribution in [0.15, 0.2) is 0 Å². The van der Waals surface area contributed by atoms with Gasteiger partial charge >= 0.3 is 5.97 Å². The first-order chi connectivity index (χ1) is 13.2. The summed E-state index contributed by atoms with van der Waals surface area (Å²) in [5.41, 5.74) is 11.1. The molecule has 4 unspecified atom stereocenters. The number of aliphatic hydroxyl groups is 1. The van der Waals surface area contributed by atoms with Crippen molar-refractivity contribution in [3.63, 3.8) is 0 Å². The van der Waals surface area contributed by atoms with Crippen molar-refractivity contribution in [2.45, 2.75) is 57.7 Å². The number of hydrogen-bond donors (Lipinski definition) is 7. The highest BCUT2D eigenvalue weighted by Crippen LogP contribution is 2.05. The number of carbonyl (C=O) groups excluding carboxylic acids is 3. The Balaban J connectivity index is 4.55. The molecule has 11 nitrogen and oxygen atoms in total. The quantitative estimate of drug-likeness (QED) is 0.156. The van der Waals surface area contributed by atoms with E-state index in [9.17, 15) is 24.3 Å². The molecule has 162 valence electrons. The van der Waals surface area contributed by atoms with Crippen molar-refractivity contribution in [1.82, 2.24) is 16.0 Å². The molecule has 0 aromatic carbocycles. The maximum Gasteiger partial charge on any atom is 0.326 e. The van der Waals surface area contributed by atoms with Gasteiger partial charge in [0.15, 0.2) is 0 Å². The van der Waals surface area contributed by atoms with Crippen molar-refractivity contribution < 1.29 is 29.4 Å². The SMILES string of the molecule is CCC(C)C(N)C(=O)NC(CO)C(=O)NCC(=O)NC(CCCCN)C(=O)O. The van der Waals surface area contributed by atoms with Crippen LogP contribution in [0.5, 0.6) is 0 Å². The van der Waals surface area contributed by atoms with E-state index in [2.05, 4.69) is 16.0 Å². The monoisotopic (exact) mass is 403 g/mol. The van der Waals surface area contributed by atoms with E-state index in [1.165, 1.54) is 0 Å². The van der Waals surface area contributed by atoms with Crippen molar-refractivity contribution in [2.75, 3.05) is 19.7 Å². The number of hydrogen-bond acceptors (Lipinski definition) is 7. The van der Waals surface area contributed by atoms with Crippen LogP contribution in [0.2, 0.25) is 0 Å².